The van der Waals surface area contributed by atoms with Crippen molar-refractivity contribution in [2.45, 2.75) is 6.42 Å². The van der Waals surface area contributed by atoms with Crippen LogP contribution in [0.4, 0.5) is 0 Å². The Hall–Kier alpha value is -3.73. The SMILES string of the molecule is O=C(O)c1ccccc1C(=O)n1c(Cc2ccccc2)nc2ccccc21. The number of nitrogens with zero attached hydrogens (tertiary/aromatic N) is 2. The van der Waals surface area contributed by atoms with Crippen molar-refractivity contribution in [1.29, 1.82) is 0 Å². The fourth-order valence-corrected chi connectivity index (χ4v) is 3.18. The van der Waals surface area contributed by atoms with E-state index in [4.69, 9.17) is 0 Å². The summed E-state index contributed by atoms with van der Waals surface area (Å²) in [7, 11) is 0. The zero-order chi connectivity index (χ0) is 18.8. The first-order valence-electron chi connectivity index (χ1n) is 8.52. The first kappa shape index (κ1) is 16.7. The summed E-state index contributed by atoms with van der Waals surface area (Å²) >= 11 is 0. The third-order valence-corrected chi connectivity index (χ3v) is 4.43. The first-order chi connectivity index (χ1) is 13.1. The molecular weight excluding hydrogens is 340 g/mol. The number of aromatic nitrogens is 2. The molecule has 5 heteroatoms. The van der Waals surface area contributed by atoms with Crippen LogP contribution >= 0.6 is 0 Å². The summed E-state index contributed by atoms with van der Waals surface area (Å²) in [5.41, 5.74) is 2.50. The molecule has 0 aliphatic heterocycles. The predicted molar refractivity (Wildman–Crippen MR) is 102 cm³/mol. The van der Waals surface area contributed by atoms with Crippen molar-refractivity contribution in [2.24, 2.45) is 0 Å². The van der Waals surface area contributed by atoms with Crippen molar-refractivity contribution >= 4 is 22.9 Å². The van der Waals surface area contributed by atoms with E-state index < -0.39 is 11.9 Å². The molecule has 0 atom stereocenters. The van der Waals surface area contributed by atoms with E-state index in [0.717, 1.165) is 5.56 Å². The quantitative estimate of drug-likeness (QED) is 0.600. The molecule has 3 aromatic carbocycles. The van der Waals surface area contributed by atoms with Crippen molar-refractivity contribution in [3.8, 4) is 0 Å². The number of carboxylic acid groups (broad SMARTS) is 1. The van der Waals surface area contributed by atoms with Crippen LogP contribution in [0.1, 0.15) is 32.1 Å². The summed E-state index contributed by atoms with van der Waals surface area (Å²) in [5.74, 6) is -0.951. The van der Waals surface area contributed by atoms with Crippen LogP contribution in [0.5, 0.6) is 0 Å². The second kappa shape index (κ2) is 6.88. The van der Waals surface area contributed by atoms with Gasteiger partial charge in [0.2, 0.25) is 0 Å². The highest BCUT2D eigenvalue weighted by Crippen LogP contribution is 2.21. The second-order valence-corrected chi connectivity index (χ2v) is 6.17. The number of carboxylic acids is 1. The number of carbonyl (C=O) groups excluding carboxylic acids is 1. The molecule has 0 unspecified atom stereocenters. The molecule has 0 radical (unpaired) electrons. The lowest BCUT2D eigenvalue weighted by atomic mass is 10.1. The van der Waals surface area contributed by atoms with Crippen LogP contribution < -0.4 is 0 Å². The smallest absolute Gasteiger partial charge is 0.336 e. The standard InChI is InChI=1S/C22H16N2O3/c25-21(16-10-4-5-11-17(16)22(26)27)24-19-13-7-6-12-18(19)23-20(24)14-15-8-2-1-3-9-15/h1-13H,14H2,(H,26,27). The number of benzene rings is 3. The Morgan fingerprint density at radius 3 is 2.19 bits per heavy atom. The highest BCUT2D eigenvalue weighted by molar-refractivity contribution is 6.08. The Labute approximate surface area is 155 Å². The zero-order valence-corrected chi connectivity index (χ0v) is 14.4. The second-order valence-electron chi connectivity index (χ2n) is 6.17. The molecule has 0 spiro atoms. The van der Waals surface area contributed by atoms with Crippen LogP contribution in [-0.2, 0) is 6.42 Å². The van der Waals surface area contributed by atoms with Gasteiger partial charge in [-0.1, -0.05) is 54.6 Å². The number of hydrogen-bond acceptors (Lipinski definition) is 3. The van der Waals surface area contributed by atoms with Crippen molar-refractivity contribution in [2.75, 3.05) is 0 Å². The lowest BCUT2D eigenvalue weighted by Gasteiger charge is -2.10. The van der Waals surface area contributed by atoms with E-state index >= 15 is 0 Å². The molecule has 4 rings (SSSR count). The largest absolute Gasteiger partial charge is 0.478 e. The zero-order valence-electron chi connectivity index (χ0n) is 14.4. The van der Waals surface area contributed by atoms with Gasteiger partial charge in [0.15, 0.2) is 0 Å². The Kier molecular flexibility index (Phi) is 4.26. The van der Waals surface area contributed by atoms with Gasteiger partial charge in [0.1, 0.15) is 5.82 Å². The molecule has 132 valence electrons. The van der Waals surface area contributed by atoms with Crippen LogP contribution in [0.2, 0.25) is 0 Å². The minimum absolute atomic E-state index is 0.0223. The van der Waals surface area contributed by atoms with E-state index in [0.29, 0.717) is 23.3 Å². The minimum atomic E-state index is -1.13. The molecular formula is C22H16N2O3. The maximum Gasteiger partial charge on any atom is 0.336 e. The van der Waals surface area contributed by atoms with E-state index in [-0.39, 0.29) is 11.1 Å². The Morgan fingerprint density at radius 2 is 1.44 bits per heavy atom. The molecule has 0 fully saturated rings. The fraction of sp³-hybridized carbons (Fsp3) is 0.0455. The van der Waals surface area contributed by atoms with Crippen molar-refractivity contribution in [3.05, 3.63) is 101 Å². The number of imidazole rings is 1. The average Bonchev–Trinajstić information content (AvgIpc) is 3.06. The number of carbonyl (C=O) groups is 2. The average molecular weight is 356 g/mol. The molecule has 0 aliphatic rings. The minimum Gasteiger partial charge on any atom is -0.478 e. The molecule has 0 bridgehead atoms. The van der Waals surface area contributed by atoms with Crippen LogP contribution in [-0.4, -0.2) is 26.5 Å². The molecule has 1 aromatic heterocycles. The molecule has 5 nitrogen and oxygen atoms in total. The molecule has 1 N–H and O–H groups in total. The number of rotatable bonds is 4. The van der Waals surface area contributed by atoms with Crippen molar-refractivity contribution in [3.63, 3.8) is 0 Å². The summed E-state index contributed by atoms with van der Waals surface area (Å²) in [4.78, 5) is 29.5. The van der Waals surface area contributed by atoms with Crippen molar-refractivity contribution < 1.29 is 14.7 Å². The fourth-order valence-electron chi connectivity index (χ4n) is 3.18. The Bertz CT molecular complexity index is 1150. The number of aromatic carboxylic acids is 1. The molecule has 4 aromatic rings. The topological polar surface area (TPSA) is 72.2 Å². The third kappa shape index (κ3) is 3.11. The molecule has 27 heavy (non-hydrogen) atoms. The van der Waals surface area contributed by atoms with Gasteiger partial charge in [-0.25, -0.2) is 9.78 Å². The van der Waals surface area contributed by atoms with Crippen LogP contribution in [0.3, 0.4) is 0 Å². The first-order valence-corrected chi connectivity index (χ1v) is 8.52. The van der Waals surface area contributed by atoms with Gasteiger partial charge in [-0.3, -0.25) is 9.36 Å². The molecule has 0 amide bonds. The highest BCUT2D eigenvalue weighted by atomic mass is 16.4. The molecule has 1 heterocycles. The van der Waals surface area contributed by atoms with Gasteiger partial charge in [-0.2, -0.15) is 0 Å². The van der Waals surface area contributed by atoms with Crippen LogP contribution in [0.15, 0.2) is 78.9 Å². The van der Waals surface area contributed by atoms with Crippen LogP contribution in [0, 0.1) is 0 Å². The molecule has 0 saturated heterocycles. The van der Waals surface area contributed by atoms with E-state index in [1.54, 1.807) is 12.1 Å². The number of hydrogen-bond donors (Lipinski definition) is 1. The summed E-state index contributed by atoms with van der Waals surface area (Å²) in [6.07, 6.45) is 0.469. The maximum absolute atomic E-state index is 13.3. The van der Waals surface area contributed by atoms with Gasteiger partial charge in [0, 0.05) is 6.42 Å². The lowest BCUT2D eigenvalue weighted by molar-refractivity contribution is 0.0691. The van der Waals surface area contributed by atoms with Gasteiger partial charge >= 0.3 is 5.97 Å². The third-order valence-electron chi connectivity index (χ3n) is 4.43. The summed E-state index contributed by atoms with van der Waals surface area (Å²) in [6, 6.07) is 23.3. The van der Waals surface area contributed by atoms with E-state index in [2.05, 4.69) is 4.98 Å². The van der Waals surface area contributed by atoms with Crippen molar-refractivity contribution in [1.82, 2.24) is 9.55 Å². The monoisotopic (exact) mass is 356 g/mol. The van der Waals surface area contributed by atoms with E-state index in [1.165, 1.54) is 16.7 Å². The Balaban J connectivity index is 1.89. The van der Waals surface area contributed by atoms with E-state index in [1.807, 2.05) is 54.6 Å². The highest BCUT2D eigenvalue weighted by Gasteiger charge is 2.22. The normalized spacial score (nSPS) is 10.8. The Morgan fingerprint density at radius 1 is 0.815 bits per heavy atom. The number of fused-ring (bicyclic) bond motifs is 1. The summed E-state index contributed by atoms with van der Waals surface area (Å²) in [6.45, 7) is 0. The van der Waals surface area contributed by atoms with Gasteiger partial charge in [0.05, 0.1) is 22.2 Å². The maximum atomic E-state index is 13.3. The van der Waals surface area contributed by atoms with Gasteiger partial charge in [0.25, 0.3) is 5.91 Å². The molecule has 0 aliphatic carbocycles. The van der Waals surface area contributed by atoms with Gasteiger partial charge in [-0.15, -0.1) is 0 Å². The predicted octanol–water partition coefficient (Wildman–Crippen LogP) is 4.01. The summed E-state index contributed by atoms with van der Waals surface area (Å²) in [5, 5.41) is 9.45. The van der Waals surface area contributed by atoms with E-state index in [9.17, 15) is 14.7 Å². The molecule has 0 saturated carbocycles. The van der Waals surface area contributed by atoms with Gasteiger partial charge in [-0.05, 0) is 29.8 Å². The summed E-state index contributed by atoms with van der Waals surface area (Å²) < 4.78 is 1.52. The van der Waals surface area contributed by atoms with Crippen LogP contribution in [0.25, 0.3) is 11.0 Å². The number of para-hydroxylation sites is 2. The van der Waals surface area contributed by atoms with Gasteiger partial charge < -0.3 is 5.11 Å². The lowest BCUT2D eigenvalue weighted by Crippen LogP contribution is -2.19.